The Balaban J connectivity index is 1.15. The quantitative estimate of drug-likeness (QED) is 0.450. The van der Waals surface area contributed by atoms with Gasteiger partial charge in [-0.2, -0.15) is 0 Å². The zero-order valence-corrected chi connectivity index (χ0v) is 18.1. The first kappa shape index (κ1) is 18.8. The van der Waals surface area contributed by atoms with Crippen LogP contribution in [0.15, 0.2) is 72.8 Å². The molecular formula is C27H24N2OS. The number of nitrogens with zero attached hydrogens (tertiary/aromatic N) is 1. The molecule has 0 saturated heterocycles. The number of aromatic nitrogens is 1. The first-order valence-corrected chi connectivity index (χ1v) is 11.9. The highest BCUT2D eigenvalue weighted by molar-refractivity contribution is 7.18. The fourth-order valence-electron chi connectivity index (χ4n) is 5.54. The Labute approximate surface area is 186 Å². The van der Waals surface area contributed by atoms with E-state index in [0.29, 0.717) is 30.6 Å². The Kier molecular flexibility index (Phi) is 4.61. The van der Waals surface area contributed by atoms with Crippen molar-refractivity contribution in [1.82, 2.24) is 10.3 Å². The van der Waals surface area contributed by atoms with E-state index in [4.69, 9.17) is 0 Å². The minimum atomic E-state index is 0.127. The molecule has 31 heavy (non-hydrogen) atoms. The molecule has 4 heteroatoms. The molecule has 1 atom stereocenters. The van der Waals surface area contributed by atoms with Gasteiger partial charge in [0.05, 0.1) is 15.2 Å². The minimum Gasteiger partial charge on any atom is -0.356 e. The predicted octanol–water partition coefficient (Wildman–Crippen LogP) is 5.64. The van der Waals surface area contributed by atoms with Gasteiger partial charge >= 0.3 is 0 Å². The topological polar surface area (TPSA) is 42.0 Å². The normalized spacial score (nSPS) is 21.0. The van der Waals surface area contributed by atoms with Crippen molar-refractivity contribution in [2.24, 2.45) is 5.92 Å². The van der Waals surface area contributed by atoms with Crippen LogP contribution in [-0.2, 0) is 11.2 Å². The second-order valence-corrected chi connectivity index (χ2v) is 9.78. The van der Waals surface area contributed by atoms with Crippen LogP contribution in [0.1, 0.15) is 51.9 Å². The lowest BCUT2D eigenvalue weighted by Gasteiger charge is -2.45. The number of carbonyl (C=O) groups is 1. The fourth-order valence-corrected chi connectivity index (χ4v) is 6.51. The summed E-state index contributed by atoms with van der Waals surface area (Å²) < 4.78 is 1.19. The lowest BCUT2D eigenvalue weighted by atomic mass is 9.59. The number of benzene rings is 3. The Morgan fingerprint density at radius 2 is 1.55 bits per heavy atom. The summed E-state index contributed by atoms with van der Waals surface area (Å²) in [5, 5.41) is 4.28. The van der Waals surface area contributed by atoms with Gasteiger partial charge < -0.3 is 5.32 Å². The molecule has 1 aromatic heterocycles. The number of amides is 1. The van der Waals surface area contributed by atoms with Gasteiger partial charge in [-0.3, -0.25) is 4.79 Å². The third-order valence-electron chi connectivity index (χ3n) is 6.89. The summed E-state index contributed by atoms with van der Waals surface area (Å²) in [6, 6.07) is 25.9. The number of nitrogens with one attached hydrogen (secondary N) is 1. The molecule has 3 aliphatic carbocycles. The maximum atomic E-state index is 12.6. The summed E-state index contributed by atoms with van der Waals surface area (Å²) in [5.41, 5.74) is 6.88. The summed E-state index contributed by atoms with van der Waals surface area (Å²) in [6.45, 7) is 0.739. The van der Waals surface area contributed by atoms with E-state index in [-0.39, 0.29) is 5.91 Å². The van der Waals surface area contributed by atoms with Gasteiger partial charge in [-0.1, -0.05) is 60.7 Å². The standard InChI is InChI=1S/C27H24N2OS/c30-25(13-14-26-29-23-11-5-6-12-24(23)31-26)28-16-17-15-22-18-7-1-3-9-20(18)27(17)21-10-4-2-8-19(21)22/h1-12,17,22,27H,13-16H2,(H,28,30). The lowest BCUT2D eigenvalue weighted by Crippen LogP contribution is -2.39. The van der Waals surface area contributed by atoms with E-state index in [1.54, 1.807) is 11.3 Å². The van der Waals surface area contributed by atoms with E-state index in [1.165, 1.54) is 27.0 Å². The van der Waals surface area contributed by atoms with Crippen molar-refractivity contribution in [2.45, 2.75) is 31.1 Å². The number of thiazole rings is 1. The van der Waals surface area contributed by atoms with Crippen LogP contribution in [0.25, 0.3) is 10.2 Å². The number of rotatable bonds is 5. The molecule has 1 heterocycles. The van der Waals surface area contributed by atoms with Crippen molar-refractivity contribution in [2.75, 3.05) is 6.54 Å². The maximum absolute atomic E-state index is 12.6. The summed E-state index contributed by atoms with van der Waals surface area (Å²) in [4.78, 5) is 17.3. The summed E-state index contributed by atoms with van der Waals surface area (Å²) in [5.74, 6) is 1.40. The molecule has 1 unspecified atom stereocenters. The molecule has 2 bridgehead atoms. The van der Waals surface area contributed by atoms with Gasteiger partial charge in [-0.15, -0.1) is 11.3 Å². The molecule has 4 aromatic rings. The van der Waals surface area contributed by atoms with Gasteiger partial charge in [0.1, 0.15) is 0 Å². The first-order valence-electron chi connectivity index (χ1n) is 11.1. The fraction of sp³-hybridized carbons (Fsp3) is 0.259. The zero-order valence-electron chi connectivity index (χ0n) is 17.3. The summed E-state index contributed by atoms with van der Waals surface area (Å²) >= 11 is 1.69. The third kappa shape index (κ3) is 3.26. The van der Waals surface area contributed by atoms with E-state index in [1.807, 2.05) is 18.2 Å². The Hall–Kier alpha value is -2.98. The molecule has 3 aromatic carbocycles. The van der Waals surface area contributed by atoms with Gasteiger partial charge in [0.15, 0.2) is 0 Å². The Morgan fingerprint density at radius 3 is 2.26 bits per heavy atom. The SMILES string of the molecule is O=C(CCc1nc2ccccc2s1)NCC1CC2c3ccccc3C1c1ccccc12. The van der Waals surface area contributed by atoms with Crippen LogP contribution in [0, 0.1) is 5.92 Å². The van der Waals surface area contributed by atoms with E-state index in [0.717, 1.165) is 23.5 Å². The van der Waals surface area contributed by atoms with E-state index >= 15 is 0 Å². The monoisotopic (exact) mass is 424 g/mol. The Bertz CT molecular complexity index is 1200. The van der Waals surface area contributed by atoms with E-state index < -0.39 is 0 Å². The molecule has 154 valence electrons. The molecule has 1 N–H and O–H groups in total. The average Bonchev–Trinajstić information content (AvgIpc) is 3.25. The van der Waals surface area contributed by atoms with Gasteiger partial charge in [0, 0.05) is 31.2 Å². The Morgan fingerprint density at radius 1 is 0.903 bits per heavy atom. The second-order valence-electron chi connectivity index (χ2n) is 8.66. The van der Waals surface area contributed by atoms with Crippen LogP contribution in [0.4, 0.5) is 0 Å². The molecule has 0 aliphatic heterocycles. The molecule has 0 spiro atoms. The summed E-state index contributed by atoms with van der Waals surface area (Å²) in [6.07, 6.45) is 2.30. The highest BCUT2D eigenvalue weighted by Crippen LogP contribution is 2.55. The van der Waals surface area contributed by atoms with Gasteiger partial charge in [-0.25, -0.2) is 4.98 Å². The molecule has 0 saturated carbocycles. The van der Waals surface area contributed by atoms with Crippen LogP contribution < -0.4 is 5.32 Å². The smallest absolute Gasteiger partial charge is 0.220 e. The molecule has 0 fully saturated rings. The lowest BCUT2D eigenvalue weighted by molar-refractivity contribution is -0.121. The van der Waals surface area contributed by atoms with Crippen molar-refractivity contribution in [1.29, 1.82) is 0 Å². The van der Waals surface area contributed by atoms with Crippen LogP contribution in [0.2, 0.25) is 0 Å². The minimum absolute atomic E-state index is 0.127. The van der Waals surface area contributed by atoms with Gasteiger partial charge in [0.2, 0.25) is 5.91 Å². The van der Waals surface area contributed by atoms with Crippen molar-refractivity contribution < 1.29 is 4.79 Å². The number of para-hydroxylation sites is 1. The molecule has 7 rings (SSSR count). The largest absolute Gasteiger partial charge is 0.356 e. The number of aryl methyl sites for hydroxylation is 1. The van der Waals surface area contributed by atoms with Crippen LogP contribution >= 0.6 is 11.3 Å². The van der Waals surface area contributed by atoms with Crippen molar-refractivity contribution in [3.8, 4) is 0 Å². The van der Waals surface area contributed by atoms with Crippen LogP contribution in [0.5, 0.6) is 0 Å². The number of carbonyl (C=O) groups excluding carboxylic acids is 1. The van der Waals surface area contributed by atoms with E-state index in [2.05, 4.69) is 64.9 Å². The maximum Gasteiger partial charge on any atom is 0.220 e. The highest BCUT2D eigenvalue weighted by Gasteiger charge is 2.42. The number of hydrogen-bond donors (Lipinski definition) is 1. The highest BCUT2D eigenvalue weighted by atomic mass is 32.1. The molecule has 1 amide bonds. The van der Waals surface area contributed by atoms with E-state index in [9.17, 15) is 4.79 Å². The van der Waals surface area contributed by atoms with Crippen molar-refractivity contribution >= 4 is 27.5 Å². The van der Waals surface area contributed by atoms with Gasteiger partial charge in [0.25, 0.3) is 0 Å². The molecular weight excluding hydrogens is 400 g/mol. The number of fused-ring (bicyclic) bond motifs is 2. The van der Waals surface area contributed by atoms with Crippen LogP contribution in [-0.4, -0.2) is 17.4 Å². The second kappa shape index (κ2) is 7.61. The molecule has 3 aliphatic rings. The van der Waals surface area contributed by atoms with Gasteiger partial charge in [-0.05, 0) is 46.7 Å². The van der Waals surface area contributed by atoms with Crippen LogP contribution in [0.3, 0.4) is 0 Å². The molecule has 0 radical (unpaired) electrons. The molecule has 3 nitrogen and oxygen atoms in total. The zero-order chi connectivity index (χ0) is 20.8. The first-order chi connectivity index (χ1) is 15.3. The third-order valence-corrected chi connectivity index (χ3v) is 7.98. The predicted molar refractivity (Wildman–Crippen MR) is 126 cm³/mol. The average molecular weight is 425 g/mol. The summed E-state index contributed by atoms with van der Waals surface area (Å²) in [7, 11) is 0. The van der Waals surface area contributed by atoms with Crippen molar-refractivity contribution in [3.63, 3.8) is 0 Å². The van der Waals surface area contributed by atoms with Crippen molar-refractivity contribution in [3.05, 3.63) is 100 Å². The number of hydrogen-bond acceptors (Lipinski definition) is 3.